The lowest BCUT2D eigenvalue weighted by Gasteiger charge is -2.17. The van der Waals surface area contributed by atoms with Gasteiger partial charge < -0.3 is 10.2 Å². The van der Waals surface area contributed by atoms with Gasteiger partial charge in [-0.25, -0.2) is 0 Å². The summed E-state index contributed by atoms with van der Waals surface area (Å²) in [5.41, 5.74) is 0.357. The van der Waals surface area contributed by atoms with Crippen molar-refractivity contribution >= 4 is 22.5 Å². The Bertz CT molecular complexity index is 1180. The van der Waals surface area contributed by atoms with Crippen LogP contribution in [0.15, 0.2) is 48.5 Å². The van der Waals surface area contributed by atoms with Crippen molar-refractivity contribution in [1.82, 2.24) is 15.1 Å². The molecule has 0 bridgehead atoms. The molecule has 8 heteroatoms. The number of hydrogen-bond acceptors (Lipinski definition) is 4. The van der Waals surface area contributed by atoms with Gasteiger partial charge >= 0.3 is 6.18 Å². The maximum Gasteiger partial charge on any atom is 0.416 e. The van der Waals surface area contributed by atoms with Crippen molar-refractivity contribution in [2.75, 3.05) is 18.4 Å². The zero-order valence-corrected chi connectivity index (χ0v) is 16.7. The highest BCUT2D eigenvalue weighted by molar-refractivity contribution is 6.00. The van der Waals surface area contributed by atoms with Crippen LogP contribution in [0.1, 0.15) is 18.9 Å². The average molecular weight is 424 g/mol. The molecule has 1 aromatic heterocycles. The molecule has 0 spiro atoms. The fourth-order valence-corrected chi connectivity index (χ4v) is 3.68. The fraction of sp³-hybridized carbons (Fsp3) is 0.261. The summed E-state index contributed by atoms with van der Waals surface area (Å²) >= 11 is 0. The minimum absolute atomic E-state index is 0.0113. The number of alkyl halides is 3. The first-order chi connectivity index (χ1) is 14.9. The predicted molar refractivity (Wildman–Crippen MR) is 112 cm³/mol. The molecule has 1 aliphatic heterocycles. The van der Waals surface area contributed by atoms with Gasteiger partial charge in [0, 0.05) is 35.5 Å². The molecule has 0 saturated carbocycles. The lowest BCUT2D eigenvalue weighted by Crippen LogP contribution is -2.30. The van der Waals surface area contributed by atoms with Gasteiger partial charge in [0.1, 0.15) is 5.69 Å². The number of benzene rings is 2. The molecule has 1 amide bonds. The van der Waals surface area contributed by atoms with E-state index in [2.05, 4.69) is 27.4 Å². The van der Waals surface area contributed by atoms with Crippen LogP contribution in [0.25, 0.3) is 22.0 Å². The largest absolute Gasteiger partial charge is 0.416 e. The zero-order chi connectivity index (χ0) is 22.0. The quantitative estimate of drug-likeness (QED) is 0.635. The second kappa shape index (κ2) is 8.26. The minimum atomic E-state index is -4.39. The summed E-state index contributed by atoms with van der Waals surface area (Å²) < 4.78 is 38.6. The number of carbonyl (C=O) groups is 1. The van der Waals surface area contributed by atoms with Gasteiger partial charge in [0.25, 0.3) is 5.91 Å². The van der Waals surface area contributed by atoms with Crippen LogP contribution in [0.4, 0.5) is 19.0 Å². The summed E-state index contributed by atoms with van der Waals surface area (Å²) in [4.78, 5) is 13.7. The third-order valence-corrected chi connectivity index (χ3v) is 5.22. The van der Waals surface area contributed by atoms with Crippen LogP contribution >= 0.6 is 0 Å². The minimum Gasteiger partial charge on any atom is -0.363 e. The second-order valence-electron chi connectivity index (χ2n) is 7.27. The number of nitrogens with zero attached hydrogens (tertiary/aromatic N) is 3. The third kappa shape index (κ3) is 4.31. The lowest BCUT2D eigenvalue weighted by molar-refractivity contribution is -0.137. The SMILES string of the molecule is CC#CC(=O)N1CC[C@H](Nc2nnc(-c3ccc(C(F)(F)F)cc3)c3ccccc23)C1. The van der Waals surface area contributed by atoms with E-state index in [0.717, 1.165) is 29.3 Å². The molecule has 31 heavy (non-hydrogen) atoms. The van der Waals surface area contributed by atoms with Gasteiger partial charge in [0.05, 0.1) is 5.56 Å². The summed E-state index contributed by atoms with van der Waals surface area (Å²) in [6.45, 7) is 2.76. The molecule has 5 nitrogen and oxygen atoms in total. The summed E-state index contributed by atoms with van der Waals surface area (Å²) in [6.07, 6.45) is -3.63. The van der Waals surface area contributed by atoms with Gasteiger partial charge in [-0.2, -0.15) is 13.2 Å². The highest BCUT2D eigenvalue weighted by Gasteiger charge is 2.30. The van der Waals surface area contributed by atoms with Crippen molar-refractivity contribution in [2.45, 2.75) is 25.6 Å². The first-order valence-corrected chi connectivity index (χ1v) is 9.78. The Morgan fingerprint density at radius 3 is 2.48 bits per heavy atom. The van der Waals surface area contributed by atoms with E-state index < -0.39 is 11.7 Å². The summed E-state index contributed by atoms with van der Waals surface area (Å²) in [5, 5.41) is 13.6. The van der Waals surface area contributed by atoms with E-state index in [1.165, 1.54) is 12.1 Å². The Labute approximate surface area is 177 Å². The number of likely N-dealkylation sites (tertiary alicyclic amines) is 1. The topological polar surface area (TPSA) is 58.1 Å². The predicted octanol–water partition coefficient (Wildman–Crippen LogP) is 4.35. The van der Waals surface area contributed by atoms with Crippen molar-refractivity contribution in [2.24, 2.45) is 0 Å². The van der Waals surface area contributed by atoms with E-state index in [0.29, 0.717) is 30.2 Å². The van der Waals surface area contributed by atoms with Crippen LogP contribution in [0, 0.1) is 11.8 Å². The number of carbonyl (C=O) groups excluding carboxylic acids is 1. The number of aromatic nitrogens is 2. The summed E-state index contributed by atoms with van der Waals surface area (Å²) in [6, 6.07) is 12.4. The van der Waals surface area contributed by atoms with Crippen molar-refractivity contribution in [3.05, 3.63) is 54.1 Å². The van der Waals surface area contributed by atoms with E-state index in [1.54, 1.807) is 11.8 Å². The van der Waals surface area contributed by atoms with Crippen LogP contribution in [0.5, 0.6) is 0 Å². The Balaban J connectivity index is 1.62. The van der Waals surface area contributed by atoms with Crippen molar-refractivity contribution in [3.8, 4) is 23.1 Å². The van der Waals surface area contributed by atoms with E-state index >= 15 is 0 Å². The number of hydrogen-bond donors (Lipinski definition) is 1. The summed E-state index contributed by atoms with van der Waals surface area (Å²) in [7, 11) is 0. The first kappa shape index (κ1) is 20.7. The Morgan fingerprint density at radius 1 is 1.10 bits per heavy atom. The molecule has 2 heterocycles. The fourth-order valence-electron chi connectivity index (χ4n) is 3.68. The standard InChI is InChI=1S/C23H19F3N4O/c1-2-5-20(31)30-13-12-17(14-30)27-22-19-7-4-3-6-18(19)21(28-29-22)15-8-10-16(11-9-15)23(24,25)26/h3-4,6-11,17H,12-14H2,1H3,(H,27,29)/t17-/m0/s1. The number of amides is 1. The monoisotopic (exact) mass is 424 g/mol. The maximum atomic E-state index is 12.9. The molecule has 0 unspecified atom stereocenters. The molecular formula is C23H19F3N4O. The highest BCUT2D eigenvalue weighted by Crippen LogP contribution is 2.33. The molecule has 1 saturated heterocycles. The van der Waals surface area contributed by atoms with E-state index in [-0.39, 0.29) is 11.9 Å². The Morgan fingerprint density at radius 2 is 1.81 bits per heavy atom. The summed E-state index contributed by atoms with van der Waals surface area (Å²) in [5.74, 6) is 5.55. The van der Waals surface area contributed by atoms with Gasteiger partial charge in [0.2, 0.25) is 0 Å². The molecule has 1 atom stereocenters. The van der Waals surface area contributed by atoms with Crippen LogP contribution in [-0.4, -0.2) is 40.1 Å². The van der Waals surface area contributed by atoms with E-state index in [9.17, 15) is 18.0 Å². The van der Waals surface area contributed by atoms with Crippen LogP contribution < -0.4 is 5.32 Å². The number of fused-ring (bicyclic) bond motifs is 1. The van der Waals surface area contributed by atoms with Gasteiger partial charge in [-0.3, -0.25) is 4.79 Å². The molecule has 2 aromatic carbocycles. The molecule has 3 aromatic rings. The van der Waals surface area contributed by atoms with Gasteiger partial charge in [-0.05, 0) is 31.4 Å². The normalized spacial score (nSPS) is 16.1. The first-order valence-electron chi connectivity index (χ1n) is 9.78. The number of rotatable bonds is 3. The molecular weight excluding hydrogens is 405 g/mol. The van der Waals surface area contributed by atoms with Gasteiger partial charge in [0.15, 0.2) is 5.82 Å². The molecule has 1 aliphatic rings. The average Bonchev–Trinajstić information content (AvgIpc) is 3.22. The smallest absolute Gasteiger partial charge is 0.363 e. The Hall–Kier alpha value is -3.60. The molecule has 1 N–H and O–H groups in total. The number of anilines is 1. The molecule has 0 radical (unpaired) electrons. The number of halogens is 3. The van der Waals surface area contributed by atoms with Crippen LogP contribution in [0.3, 0.4) is 0 Å². The van der Waals surface area contributed by atoms with E-state index in [4.69, 9.17) is 0 Å². The van der Waals surface area contributed by atoms with Crippen LogP contribution in [0.2, 0.25) is 0 Å². The van der Waals surface area contributed by atoms with Crippen molar-refractivity contribution in [1.29, 1.82) is 0 Å². The lowest BCUT2D eigenvalue weighted by atomic mass is 10.0. The van der Waals surface area contributed by atoms with Crippen molar-refractivity contribution < 1.29 is 18.0 Å². The second-order valence-corrected chi connectivity index (χ2v) is 7.27. The third-order valence-electron chi connectivity index (χ3n) is 5.22. The number of nitrogens with one attached hydrogen (secondary N) is 1. The zero-order valence-electron chi connectivity index (χ0n) is 16.7. The van der Waals surface area contributed by atoms with Crippen molar-refractivity contribution in [3.63, 3.8) is 0 Å². The molecule has 0 aliphatic carbocycles. The Kier molecular flexibility index (Phi) is 5.51. The van der Waals surface area contributed by atoms with E-state index in [1.807, 2.05) is 24.3 Å². The molecule has 4 rings (SSSR count). The van der Waals surface area contributed by atoms with Crippen LogP contribution in [-0.2, 0) is 11.0 Å². The maximum absolute atomic E-state index is 12.9. The highest BCUT2D eigenvalue weighted by atomic mass is 19.4. The molecule has 1 fully saturated rings. The van der Waals surface area contributed by atoms with Gasteiger partial charge in [-0.1, -0.05) is 42.3 Å². The molecule has 158 valence electrons. The van der Waals surface area contributed by atoms with Gasteiger partial charge in [-0.15, -0.1) is 10.2 Å².